The molecule has 202 valence electrons. The second kappa shape index (κ2) is 12.0. The molecule has 10 heteroatoms. The van der Waals surface area contributed by atoms with E-state index in [1.54, 1.807) is 44.2 Å². The van der Waals surface area contributed by atoms with Crippen LogP contribution in [-0.2, 0) is 30.0 Å². The van der Waals surface area contributed by atoms with Gasteiger partial charge in [0.2, 0.25) is 0 Å². The van der Waals surface area contributed by atoms with Gasteiger partial charge >= 0.3 is 24.1 Å². The van der Waals surface area contributed by atoms with E-state index in [0.717, 1.165) is 6.07 Å². The summed E-state index contributed by atoms with van der Waals surface area (Å²) in [5.41, 5.74) is -0.824. The Balaban J connectivity index is 1.92. The highest BCUT2D eigenvalue weighted by molar-refractivity contribution is 6.00. The lowest BCUT2D eigenvalue weighted by atomic mass is 9.78. The van der Waals surface area contributed by atoms with E-state index < -0.39 is 41.7 Å². The Hall–Kier alpha value is -4.08. The zero-order valence-electron chi connectivity index (χ0n) is 21.3. The molecule has 0 fully saturated rings. The molecule has 0 radical (unpaired) electrons. The van der Waals surface area contributed by atoms with Crippen molar-refractivity contribution in [3.05, 3.63) is 93.8 Å². The summed E-state index contributed by atoms with van der Waals surface area (Å²) in [5, 5.41) is 2.89. The molecule has 0 aromatic heterocycles. The van der Waals surface area contributed by atoms with Gasteiger partial charge in [0, 0.05) is 11.4 Å². The van der Waals surface area contributed by atoms with Crippen LogP contribution in [0.1, 0.15) is 55.1 Å². The first-order valence-corrected chi connectivity index (χ1v) is 11.9. The maximum absolute atomic E-state index is 14.0. The van der Waals surface area contributed by atoms with Crippen molar-refractivity contribution >= 4 is 17.9 Å². The fourth-order valence-electron chi connectivity index (χ4n) is 4.13. The number of carbonyl (C=O) groups is 3. The zero-order chi connectivity index (χ0) is 28.0. The Bertz CT molecular complexity index is 1260. The molecule has 0 saturated carbocycles. The Kier molecular flexibility index (Phi) is 8.98. The Morgan fingerprint density at radius 1 is 0.816 bits per heavy atom. The van der Waals surface area contributed by atoms with Crippen molar-refractivity contribution in [2.75, 3.05) is 13.2 Å². The SMILES string of the molecule is CC1=C(C(=O)OCCOC(=O)c2ccccc2)C(c2ccccc2C(F)(F)F)C(C(=O)OC(C)C)=C(C)N1. The van der Waals surface area contributed by atoms with Crippen molar-refractivity contribution in [1.82, 2.24) is 5.32 Å². The monoisotopic (exact) mass is 531 g/mol. The van der Waals surface area contributed by atoms with Crippen LogP contribution in [0.2, 0.25) is 0 Å². The van der Waals surface area contributed by atoms with Gasteiger partial charge in [-0.2, -0.15) is 13.2 Å². The molecule has 38 heavy (non-hydrogen) atoms. The highest BCUT2D eigenvalue weighted by Crippen LogP contribution is 2.44. The van der Waals surface area contributed by atoms with Gasteiger partial charge in [-0.3, -0.25) is 0 Å². The largest absolute Gasteiger partial charge is 0.460 e. The van der Waals surface area contributed by atoms with Gasteiger partial charge in [0.15, 0.2) is 0 Å². The number of hydrogen-bond acceptors (Lipinski definition) is 7. The number of hydrogen-bond donors (Lipinski definition) is 1. The predicted molar refractivity (Wildman–Crippen MR) is 132 cm³/mol. The molecule has 1 unspecified atom stereocenters. The number of allylic oxidation sites excluding steroid dienone is 2. The number of rotatable bonds is 8. The minimum Gasteiger partial charge on any atom is -0.460 e. The highest BCUT2D eigenvalue weighted by atomic mass is 19.4. The van der Waals surface area contributed by atoms with Gasteiger partial charge in [0.05, 0.1) is 34.3 Å². The van der Waals surface area contributed by atoms with Crippen LogP contribution in [0, 0.1) is 0 Å². The van der Waals surface area contributed by atoms with E-state index in [-0.39, 0.29) is 41.3 Å². The smallest absolute Gasteiger partial charge is 0.416 e. The van der Waals surface area contributed by atoms with Crippen LogP contribution in [0.5, 0.6) is 0 Å². The van der Waals surface area contributed by atoms with Crippen molar-refractivity contribution in [3.8, 4) is 0 Å². The third-order valence-corrected chi connectivity index (χ3v) is 5.68. The third-order valence-electron chi connectivity index (χ3n) is 5.68. The van der Waals surface area contributed by atoms with E-state index in [0.29, 0.717) is 5.56 Å². The highest BCUT2D eigenvalue weighted by Gasteiger charge is 2.43. The van der Waals surface area contributed by atoms with E-state index in [1.807, 2.05) is 0 Å². The van der Waals surface area contributed by atoms with Crippen molar-refractivity contribution < 1.29 is 41.8 Å². The Morgan fingerprint density at radius 2 is 1.34 bits per heavy atom. The fraction of sp³-hybridized carbons (Fsp3) is 0.321. The van der Waals surface area contributed by atoms with Crippen LogP contribution >= 0.6 is 0 Å². The van der Waals surface area contributed by atoms with Crippen molar-refractivity contribution in [3.63, 3.8) is 0 Å². The lowest BCUT2D eigenvalue weighted by Crippen LogP contribution is -2.34. The van der Waals surface area contributed by atoms with Gasteiger partial charge in [-0.15, -0.1) is 0 Å². The molecule has 0 amide bonds. The van der Waals surface area contributed by atoms with Gasteiger partial charge < -0.3 is 19.5 Å². The van der Waals surface area contributed by atoms with E-state index in [2.05, 4.69) is 5.32 Å². The van der Waals surface area contributed by atoms with Crippen LogP contribution in [0.3, 0.4) is 0 Å². The van der Waals surface area contributed by atoms with Gasteiger partial charge in [-0.05, 0) is 51.5 Å². The summed E-state index contributed by atoms with van der Waals surface area (Å²) in [5.74, 6) is -3.86. The van der Waals surface area contributed by atoms with E-state index >= 15 is 0 Å². The molecule has 7 nitrogen and oxygen atoms in total. The number of alkyl halides is 3. The Morgan fingerprint density at radius 3 is 1.92 bits per heavy atom. The third kappa shape index (κ3) is 6.62. The number of carbonyl (C=O) groups excluding carboxylic acids is 3. The first-order chi connectivity index (χ1) is 17.9. The Labute approximate surface area is 218 Å². The maximum Gasteiger partial charge on any atom is 0.416 e. The minimum absolute atomic E-state index is 0.136. The van der Waals surface area contributed by atoms with Crippen LogP contribution in [0.4, 0.5) is 13.2 Å². The molecule has 0 bridgehead atoms. The predicted octanol–water partition coefficient (Wildman–Crippen LogP) is 5.29. The number of halogens is 3. The first-order valence-electron chi connectivity index (χ1n) is 11.9. The van der Waals surface area contributed by atoms with Crippen LogP contribution in [0.15, 0.2) is 77.1 Å². The number of benzene rings is 2. The van der Waals surface area contributed by atoms with Crippen LogP contribution in [-0.4, -0.2) is 37.2 Å². The molecule has 0 aliphatic carbocycles. The number of dihydropyridines is 1. The average Bonchev–Trinajstić information content (AvgIpc) is 2.85. The summed E-state index contributed by atoms with van der Waals surface area (Å²) in [7, 11) is 0. The van der Waals surface area contributed by atoms with Crippen LogP contribution in [0.25, 0.3) is 0 Å². The number of ether oxygens (including phenoxy) is 3. The number of nitrogens with one attached hydrogen (secondary N) is 1. The zero-order valence-corrected chi connectivity index (χ0v) is 21.3. The summed E-state index contributed by atoms with van der Waals surface area (Å²) in [4.78, 5) is 38.4. The van der Waals surface area contributed by atoms with Crippen molar-refractivity contribution in [1.29, 1.82) is 0 Å². The van der Waals surface area contributed by atoms with E-state index in [9.17, 15) is 27.6 Å². The molecule has 1 aliphatic rings. The fourth-order valence-corrected chi connectivity index (χ4v) is 4.13. The van der Waals surface area contributed by atoms with Gasteiger partial charge in [-0.1, -0.05) is 36.4 Å². The van der Waals surface area contributed by atoms with Gasteiger partial charge in [-0.25, -0.2) is 14.4 Å². The molecule has 1 atom stereocenters. The van der Waals surface area contributed by atoms with Gasteiger partial charge in [0.1, 0.15) is 13.2 Å². The van der Waals surface area contributed by atoms with E-state index in [4.69, 9.17) is 14.2 Å². The molecular formula is C28H28F3NO6. The summed E-state index contributed by atoms with van der Waals surface area (Å²) >= 11 is 0. The second-order valence-electron chi connectivity index (χ2n) is 8.81. The van der Waals surface area contributed by atoms with Crippen LogP contribution < -0.4 is 5.32 Å². The summed E-state index contributed by atoms with van der Waals surface area (Å²) in [6.45, 7) is 5.61. The minimum atomic E-state index is -4.75. The first kappa shape index (κ1) is 28.5. The van der Waals surface area contributed by atoms with Crippen molar-refractivity contribution in [2.24, 2.45) is 0 Å². The molecule has 1 N–H and O–H groups in total. The summed E-state index contributed by atoms with van der Waals surface area (Å²) < 4.78 is 57.7. The molecule has 2 aromatic rings. The molecule has 2 aromatic carbocycles. The molecular weight excluding hydrogens is 503 g/mol. The average molecular weight is 532 g/mol. The summed E-state index contributed by atoms with van der Waals surface area (Å²) in [6, 6.07) is 12.9. The molecule has 0 spiro atoms. The quantitative estimate of drug-likeness (QED) is 0.281. The topological polar surface area (TPSA) is 90.9 Å². The van der Waals surface area contributed by atoms with Crippen molar-refractivity contribution in [2.45, 2.75) is 45.9 Å². The second-order valence-corrected chi connectivity index (χ2v) is 8.81. The standard InChI is InChI=1S/C28H28F3NO6/c1-16(2)38-27(35)23-18(4)32-17(3)22(24(23)20-12-8-9-13-21(20)28(29,30)31)26(34)37-15-14-36-25(33)19-10-6-5-7-11-19/h5-13,16,24,32H,14-15H2,1-4H3. The lowest BCUT2D eigenvalue weighted by Gasteiger charge is -2.32. The molecule has 0 saturated heterocycles. The summed E-state index contributed by atoms with van der Waals surface area (Å²) in [6.07, 6.45) is -5.31. The van der Waals surface area contributed by atoms with E-state index in [1.165, 1.54) is 32.0 Å². The molecule has 1 heterocycles. The molecule has 3 rings (SSSR count). The van der Waals surface area contributed by atoms with Gasteiger partial charge in [0.25, 0.3) is 0 Å². The normalized spacial score (nSPS) is 15.7. The molecule has 1 aliphatic heterocycles. The number of esters is 3. The maximum atomic E-state index is 14.0. The lowest BCUT2D eigenvalue weighted by molar-refractivity contribution is -0.144.